The Balaban J connectivity index is 1.09. The number of esters is 2. The van der Waals surface area contributed by atoms with Gasteiger partial charge in [-0.25, -0.2) is 9.78 Å². The Morgan fingerprint density at radius 3 is 2.45 bits per heavy atom. The van der Waals surface area contributed by atoms with Gasteiger partial charge in [0.1, 0.15) is 30.5 Å². The van der Waals surface area contributed by atoms with Crippen molar-refractivity contribution < 1.29 is 37.3 Å². The number of aryl methyl sites for hydroxylation is 1. The average molecular weight is 835 g/mol. The third-order valence-electron chi connectivity index (χ3n) is 11.5. The van der Waals surface area contributed by atoms with E-state index in [1.54, 1.807) is 66.1 Å². The molecular weight excluding hydrogens is 789 g/mol. The number of pyridine rings is 2. The summed E-state index contributed by atoms with van der Waals surface area (Å²) < 4.78 is 49.3. The lowest BCUT2D eigenvalue weighted by molar-refractivity contribution is -0.188. The van der Waals surface area contributed by atoms with Gasteiger partial charge in [0, 0.05) is 61.2 Å². The minimum Gasteiger partial charge on any atom is -0.508 e. The molecule has 3 aromatic carbocycles. The first-order chi connectivity index (χ1) is 28.8. The number of aromatic hydroxyl groups is 1. The molecule has 0 spiro atoms. The molecule has 8 rings (SSSR count). The van der Waals surface area contributed by atoms with Gasteiger partial charge in [0.15, 0.2) is 0 Å². The van der Waals surface area contributed by atoms with E-state index in [2.05, 4.69) is 26.6 Å². The van der Waals surface area contributed by atoms with E-state index in [9.17, 15) is 27.9 Å². The summed E-state index contributed by atoms with van der Waals surface area (Å²) in [6, 6.07) is 20.2. The number of hydrogen-bond donors (Lipinski definition) is 2. The molecule has 1 atom stereocenters. The number of hydrogen-bond acceptors (Lipinski definition) is 12. The number of benzene rings is 3. The molecule has 3 aliphatic heterocycles. The maximum Gasteiger partial charge on any atom is 0.355 e. The zero-order valence-corrected chi connectivity index (χ0v) is 34.7. The summed E-state index contributed by atoms with van der Waals surface area (Å²) in [5, 5.41) is 14.6. The molecule has 1 fully saturated rings. The number of carbonyl (C=O) groups excluding carboxylic acids is 2. The lowest BCUT2D eigenvalue weighted by atomic mass is 9.85. The Morgan fingerprint density at radius 1 is 1.02 bits per heavy atom. The fourth-order valence-electron chi connectivity index (χ4n) is 8.03. The highest BCUT2D eigenvalue weighted by atomic mass is 32.2. The van der Waals surface area contributed by atoms with E-state index in [-0.39, 0.29) is 53.6 Å². The van der Waals surface area contributed by atoms with Gasteiger partial charge < -0.3 is 34.1 Å². The van der Waals surface area contributed by atoms with E-state index < -0.39 is 39.7 Å². The smallest absolute Gasteiger partial charge is 0.355 e. The monoisotopic (exact) mass is 834 g/mol. The van der Waals surface area contributed by atoms with Crippen LogP contribution in [0.1, 0.15) is 46.7 Å². The first-order valence-electron chi connectivity index (χ1n) is 19.8. The molecule has 3 aliphatic rings. The van der Waals surface area contributed by atoms with E-state index >= 15 is 0 Å². The Kier molecular flexibility index (Phi) is 11.0. The number of amidine groups is 1. The molecule has 0 bridgehead atoms. The second-order valence-electron chi connectivity index (χ2n) is 15.5. The molecule has 0 amide bonds. The van der Waals surface area contributed by atoms with Crippen LogP contribution in [-0.2, 0) is 60.8 Å². The van der Waals surface area contributed by atoms with E-state index in [0.29, 0.717) is 34.8 Å². The highest BCUT2D eigenvalue weighted by Crippen LogP contribution is 2.42. The molecule has 0 aliphatic carbocycles. The first kappa shape index (κ1) is 40.7. The zero-order valence-electron chi connectivity index (χ0n) is 33.9. The minimum absolute atomic E-state index is 0.00706. The van der Waals surface area contributed by atoms with Crippen molar-refractivity contribution in [3.05, 3.63) is 117 Å². The summed E-state index contributed by atoms with van der Waals surface area (Å²) >= 11 is 0. The van der Waals surface area contributed by atoms with Crippen LogP contribution in [0.25, 0.3) is 22.3 Å². The maximum atomic E-state index is 14.2. The van der Waals surface area contributed by atoms with Crippen LogP contribution in [0.2, 0.25) is 0 Å². The molecule has 15 nitrogen and oxygen atoms in total. The van der Waals surface area contributed by atoms with Crippen molar-refractivity contribution in [2.75, 3.05) is 46.9 Å². The van der Waals surface area contributed by atoms with Gasteiger partial charge in [-0.15, -0.1) is 4.40 Å². The Morgan fingerprint density at radius 2 is 1.75 bits per heavy atom. The maximum absolute atomic E-state index is 14.2. The predicted octanol–water partition coefficient (Wildman–Crippen LogP) is 4.02. The van der Waals surface area contributed by atoms with Crippen LogP contribution >= 0.6 is 0 Å². The molecule has 2 N–H and O–H groups in total. The van der Waals surface area contributed by atoms with Gasteiger partial charge in [-0.05, 0) is 74.5 Å². The van der Waals surface area contributed by atoms with Crippen molar-refractivity contribution >= 4 is 38.7 Å². The van der Waals surface area contributed by atoms with Gasteiger partial charge in [0.2, 0.25) is 5.60 Å². The summed E-state index contributed by atoms with van der Waals surface area (Å²) in [5.41, 5.74) is 2.74. The first-order valence-corrected chi connectivity index (χ1v) is 21.2. The van der Waals surface area contributed by atoms with Crippen LogP contribution < -0.4 is 15.6 Å². The van der Waals surface area contributed by atoms with E-state index in [4.69, 9.17) is 19.2 Å². The highest BCUT2D eigenvalue weighted by molar-refractivity contribution is 7.90. The summed E-state index contributed by atoms with van der Waals surface area (Å²) in [7, 11) is -0.572. The highest BCUT2D eigenvalue weighted by Gasteiger charge is 2.50. The lowest BCUT2D eigenvalue weighted by Gasteiger charge is -2.35. The summed E-state index contributed by atoms with van der Waals surface area (Å²) in [5.74, 6) is -0.999. The molecule has 0 saturated carbocycles. The third kappa shape index (κ3) is 7.73. The molecule has 2 aromatic heterocycles. The quantitative estimate of drug-likeness (QED) is 0.109. The number of phenolic OH excluding ortho intramolecular Hbond substituents is 1. The number of nitrogens with one attached hydrogen (secondary N) is 1. The van der Waals surface area contributed by atoms with Crippen molar-refractivity contribution in [1.29, 1.82) is 0 Å². The average Bonchev–Trinajstić information content (AvgIpc) is 3.60. The fourth-order valence-corrected chi connectivity index (χ4v) is 9.03. The van der Waals surface area contributed by atoms with E-state index in [1.165, 1.54) is 19.2 Å². The van der Waals surface area contributed by atoms with Crippen LogP contribution in [0.4, 0.5) is 0 Å². The number of rotatable bonds is 11. The minimum atomic E-state index is -4.20. The number of piperazine rings is 1. The molecule has 5 aromatic rings. The summed E-state index contributed by atoms with van der Waals surface area (Å²) in [6.45, 7) is 6.97. The predicted molar refractivity (Wildman–Crippen MR) is 223 cm³/mol. The van der Waals surface area contributed by atoms with E-state index in [0.717, 1.165) is 48.3 Å². The Labute approximate surface area is 347 Å². The third-order valence-corrected chi connectivity index (χ3v) is 12.9. The molecule has 1 saturated heterocycles. The van der Waals surface area contributed by atoms with Crippen LogP contribution in [-0.4, -0.2) is 97.5 Å². The molecular formula is C44H46N6O9S. The van der Waals surface area contributed by atoms with Crippen LogP contribution in [0.3, 0.4) is 0 Å². The van der Waals surface area contributed by atoms with Crippen molar-refractivity contribution in [3.8, 4) is 22.9 Å². The van der Waals surface area contributed by atoms with Gasteiger partial charge in [-0.2, -0.15) is 8.42 Å². The zero-order chi connectivity index (χ0) is 42.3. The number of aromatic nitrogens is 2. The van der Waals surface area contributed by atoms with Crippen LogP contribution in [0.15, 0.2) is 86.9 Å². The molecule has 60 heavy (non-hydrogen) atoms. The fraction of sp³-hybridized carbons (Fsp3) is 0.341. The number of phenols is 1. The second kappa shape index (κ2) is 16.2. The molecule has 312 valence electrons. The second-order valence-corrected chi connectivity index (χ2v) is 17.1. The number of nitrogens with zero attached hydrogens (tertiary/aromatic N) is 5. The normalized spacial score (nSPS) is 18.1. The van der Waals surface area contributed by atoms with Gasteiger partial charge in [-0.1, -0.05) is 36.8 Å². The van der Waals surface area contributed by atoms with Crippen molar-refractivity contribution in [2.24, 2.45) is 4.40 Å². The van der Waals surface area contributed by atoms with Gasteiger partial charge in [0.25, 0.3) is 15.6 Å². The SMILES string of the molecule is CC[C@@]1(OC(=O)CNC(Cc2ccc(OC)cc2)=NS(=O)(=O)c2ccc(C)cc2)C(=O)OCc2c1cc1n(c2=O)Cc2cc3c(CN4CCN(C)CC4)c(O)ccc3nc2-1. The molecule has 0 radical (unpaired) electrons. The summed E-state index contributed by atoms with van der Waals surface area (Å²) in [4.78, 5) is 51.3. The number of likely N-dealkylation sites (N-methyl/N-ethyl adjacent to an activating group) is 1. The molecule has 5 heterocycles. The van der Waals surface area contributed by atoms with Crippen LogP contribution in [0, 0.1) is 6.92 Å². The summed E-state index contributed by atoms with van der Waals surface area (Å²) in [6.07, 6.45) is -0.0535. The number of methoxy groups -OCH3 is 1. The molecule has 0 unspecified atom stereocenters. The number of sulfonamides is 1. The van der Waals surface area contributed by atoms with Gasteiger partial charge in [-0.3, -0.25) is 14.5 Å². The van der Waals surface area contributed by atoms with Gasteiger partial charge in [0.05, 0.1) is 41.0 Å². The van der Waals surface area contributed by atoms with Crippen molar-refractivity contribution in [2.45, 2.75) is 56.9 Å². The largest absolute Gasteiger partial charge is 0.508 e. The topological polar surface area (TPSA) is 182 Å². The van der Waals surface area contributed by atoms with Crippen molar-refractivity contribution in [1.82, 2.24) is 24.7 Å². The lowest BCUT2D eigenvalue weighted by Crippen LogP contribution is -2.48. The van der Waals surface area contributed by atoms with E-state index in [1.807, 2.05) is 13.0 Å². The van der Waals surface area contributed by atoms with Gasteiger partial charge >= 0.3 is 11.9 Å². The van der Waals surface area contributed by atoms with Crippen LogP contribution in [0.5, 0.6) is 11.5 Å². The number of carbonyl (C=O) groups is 2. The number of cyclic esters (lactones) is 1. The number of fused-ring (bicyclic) bond motifs is 5. The molecule has 16 heteroatoms. The van der Waals surface area contributed by atoms with Crippen molar-refractivity contribution in [3.63, 3.8) is 0 Å². The standard InChI is InChI=1S/C44H46N6O9S/c1-5-44(59-40(52)23-45-39(20-28-8-10-30(57-4)11-9-28)47-60(55,56)31-12-6-27(2)7-13-31)35-22-37-41-29(24-50(37)42(53)34(35)26-58-43(44)54)21-32-33(38(51)15-14-36(32)46-41)25-49-18-16-48(3)17-19-49/h6-15,21-22,51H,5,16-20,23-26H2,1-4H3,(H,45,47)/t44-/m0/s1. The Bertz CT molecular complexity index is 2710. The Hall–Kier alpha value is -6.10. The number of ether oxygens (including phenoxy) is 3.